The van der Waals surface area contributed by atoms with Crippen LogP contribution in [0.2, 0.25) is 0 Å². The van der Waals surface area contributed by atoms with Crippen LogP contribution in [0.1, 0.15) is 17.5 Å². The molecule has 0 saturated heterocycles. The molecule has 0 radical (unpaired) electrons. The van der Waals surface area contributed by atoms with E-state index in [4.69, 9.17) is 0 Å². The first kappa shape index (κ1) is 15.2. The Labute approximate surface area is 104 Å². The van der Waals surface area contributed by atoms with Crippen molar-refractivity contribution in [1.82, 2.24) is 0 Å². The van der Waals surface area contributed by atoms with Crippen LogP contribution in [-0.4, -0.2) is 11.9 Å². The first-order chi connectivity index (χ1) is 8.18. The number of alkyl halides is 6. The molecule has 0 aliphatic carbocycles. The molecule has 0 aromatic heterocycles. The summed E-state index contributed by atoms with van der Waals surface area (Å²) >= 11 is 1.05. The summed E-state index contributed by atoms with van der Waals surface area (Å²) in [6, 6.07) is 4.42. The minimum Gasteiger partial charge on any atom is -0.171 e. The van der Waals surface area contributed by atoms with Gasteiger partial charge in [0, 0.05) is 11.5 Å². The Morgan fingerprint density at radius 1 is 0.889 bits per heavy atom. The van der Waals surface area contributed by atoms with Crippen molar-refractivity contribution in [2.45, 2.75) is 24.5 Å². The van der Waals surface area contributed by atoms with E-state index in [2.05, 4.69) is 0 Å². The van der Waals surface area contributed by atoms with Gasteiger partial charge in [-0.05, 0) is 17.7 Å². The van der Waals surface area contributed by atoms with Crippen molar-refractivity contribution >= 4 is 11.8 Å². The van der Waals surface area contributed by atoms with E-state index in [1.165, 1.54) is 12.1 Å². The topological polar surface area (TPSA) is 0 Å². The lowest BCUT2D eigenvalue weighted by atomic mass is 10.1. The standard InChI is InChI=1S/C11H10F6S/c12-10(13,14)5-6-18-7-8-1-3-9(4-2-8)11(15,16)17/h1-4H,5-7H2. The highest BCUT2D eigenvalue weighted by Crippen LogP contribution is 2.30. The molecule has 18 heavy (non-hydrogen) atoms. The molecule has 1 aromatic carbocycles. The number of rotatable bonds is 4. The Bertz CT molecular complexity index is 365. The number of hydrogen-bond donors (Lipinski definition) is 0. The molecule has 0 amide bonds. The Kier molecular flexibility index (Phi) is 4.95. The molecule has 102 valence electrons. The normalized spacial score (nSPS) is 12.8. The van der Waals surface area contributed by atoms with Gasteiger partial charge in [0.15, 0.2) is 0 Å². The van der Waals surface area contributed by atoms with Crippen molar-refractivity contribution in [3.63, 3.8) is 0 Å². The lowest BCUT2D eigenvalue weighted by Crippen LogP contribution is -2.08. The van der Waals surface area contributed by atoms with Gasteiger partial charge in [-0.1, -0.05) is 12.1 Å². The van der Waals surface area contributed by atoms with Gasteiger partial charge in [-0.3, -0.25) is 0 Å². The zero-order chi connectivity index (χ0) is 13.8. The van der Waals surface area contributed by atoms with Crippen LogP contribution >= 0.6 is 11.8 Å². The highest BCUT2D eigenvalue weighted by Gasteiger charge is 2.30. The molecule has 1 aromatic rings. The van der Waals surface area contributed by atoms with E-state index in [0.717, 1.165) is 23.9 Å². The van der Waals surface area contributed by atoms with E-state index in [-0.39, 0.29) is 11.5 Å². The van der Waals surface area contributed by atoms with Crippen LogP contribution in [0.25, 0.3) is 0 Å². The summed E-state index contributed by atoms with van der Waals surface area (Å²) < 4.78 is 72.2. The van der Waals surface area contributed by atoms with E-state index in [1.54, 1.807) is 0 Å². The van der Waals surface area contributed by atoms with Gasteiger partial charge in [0.25, 0.3) is 0 Å². The Balaban J connectivity index is 2.41. The Hall–Kier alpha value is -0.850. The molecule has 0 bridgehead atoms. The first-order valence-corrected chi connectivity index (χ1v) is 6.14. The van der Waals surface area contributed by atoms with Gasteiger partial charge in [0.1, 0.15) is 0 Å². The second kappa shape index (κ2) is 5.86. The van der Waals surface area contributed by atoms with Gasteiger partial charge in [-0.25, -0.2) is 0 Å². The largest absolute Gasteiger partial charge is 0.416 e. The second-order valence-corrected chi connectivity index (χ2v) is 4.72. The first-order valence-electron chi connectivity index (χ1n) is 4.99. The van der Waals surface area contributed by atoms with E-state index < -0.39 is 24.3 Å². The van der Waals surface area contributed by atoms with Crippen molar-refractivity contribution in [2.75, 3.05) is 5.75 Å². The molecular weight excluding hydrogens is 278 g/mol. The SMILES string of the molecule is FC(F)(F)CCSCc1ccc(C(F)(F)F)cc1. The fourth-order valence-corrected chi connectivity index (χ4v) is 2.12. The molecule has 0 fully saturated rings. The monoisotopic (exact) mass is 288 g/mol. The molecule has 0 aliphatic rings. The van der Waals surface area contributed by atoms with Crippen LogP contribution in [0, 0.1) is 0 Å². The summed E-state index contributed by atoms with van der Waals surface area (Å²) in [5.74, 6) is 0.179. The van der Waals surface area contributed by atoms with Crippen molar-refractivity contribution < 1.29 is 26.3 Å². The third-order valence-electron chi connectivity index (χ3n) is 2.08. The minimum atomic E-state index is -4.39. The van der Waals surface area contributed by atoms with E-state index in [1.807, 2.05) is 0 Å². The fraction of sp³-hybridized carbons (Fsp3) is 0.455. The van der Waals surface area contributed by atoms with Gasteiger partial charge in [-0.2, -0.15) is 38.1 Å². The molecule has 0 unspecified atom stereocenters. The van der Waals surface area contributed by atoms with Crippen LogP contribution < -0.4 is 0 Å². The smallest absolute Gasteiger partial charge is 0.171 e. The Morgan fingerprint density at radius 3 is 1.89 bits per heavy atom. The molecule has 1 rings (SSSR count). The summed E-state index contributed by atoms with van der Waals surface area (Å²) in [5.41, 5.74) is -0.179. The molecule has 0 aliphatic heterocycles. The quantitative estimate of drug-likeness (QED) is 0.561. The van der Waals surface area contributed by atoms with Crippen LogP contribution in [0.3, 0.4) is 0 Å². The number of hydrogen-bond acceptors (Lipinski definition) is 1. The second-order valence-electron chi connectivity index (χ2n) is 3.61. The van der Waals surface area contributed by atoms with Crippen molar-refractivity contribution in [3.8, 4) is 0 Å². The summed E-state index contributed by atoms with van der Waals surface area (Å²) in [6.07, 6.45) is -9.46. The maximum absolute atomic E-state index is 12.2. The molecule has 0 spiro atoms. The molecule has 0 heterocycles. The molecule has 7 heteroatoms. The summed E-state index contributed by atoms with van der Waals surface area (Å²) in [7, 11) is 0. The predicted octanol–water partition coefficient (Wildman–Crippen LogP) is 4.89. The average Bonchev–Trinajstić information content (AvgIpc) is 2.22. The maximum atomic E-state index is 12.2. The van der Waals surface area contributed by atoms with Crippen molar-refractivity contribution in [2.24, 2.45) is 0 Å². The highest BCUT2D eigenvalue weighted by atomic mass is 32.2. The van der Waals surface area contributed by atoms with Crippen molar-refractivity contribution in [3.05, 3.63) is 35.4 Å². The van der Waals surface area contributed by atoms with Crippen LogP contribution in [0.5, 0.6) is 0 Å². The fourth-order valence-electron chi connectivity index (χ4n) is 1.17. The molecule has 0 nitrogen and oxygen atoms in total. The highest BCUT2D eigenvalue weighted by molar-refractivity contribution is 7.98. The van der Waals surface area contributed by atoms with Gasteiger partial charge in [0.05, 0.1) is 12.0 Å². The van der Waals surface area contributed by atoms with Gasteiger partial charge >= 0.3 is 12.4 Å². The lowest BCUT2D eigenvalue weighted by Gasteiger charge is -2.08. The number of thioether (sulfide) groups is 1. The van der Waals surface area contributed by atoms with Crippen LogP contribution in [0.15, 0.2) is 24.3 Å². The maximum Gasteiger partial charge on any atom is 0.416 e. The zero-order valence-electron chi connectivity index (χ0n) is 9.11. The van der Waals surface area contributed by atoms with Crippen LogP contribution in [-0.2, 0) is 11.9 Å². The van der Waals surface area contributed by atoms with Crippen LogP contribution in [0.4, 0.5) is 26.3 Å². The molecule has 0 saturated carbocycles. The number of halogens is 6. The van der Waals surface area contributed by atoms with E-state index >= 15 is 0 Å². The third kappa shape index (κ3) is 5.66. The molecular formula is C11H10F6S. The lowest BCUT2D eigenvalue weighted by molar-refractivity contribution is -0.137. The molecule has 0 N–H and O–H groups in total. The molecule has 0 atom stereocenters. The summed E-state index contributed by atoms with van der Waals surface area (Å²) in [6.45, 7) is 0. The zero-order valence-corrected chi connectivity index (χ0v) is 9.92. The summed E-state index contributed by atoms with van der Waals surface area (Å²) in [4.78, 5) is 0. The van der Waals surface area contributed by atoms with E-state index in [0.29, 0.717) is 5.56 Å². The summed E-state index contributed by atoms with van der Waals surface area (Å²) in [5, 5.41) is 0. The van der Waals surface area contributed by atoms with Gasteiger partial charge in [0.2, 0.25) is 0 Å². The van der Waals surface area contributed by atoms with Gasteiger partial charge in [-0.15, -0.1) is 0 Å². The Morgan fingerprint density at radius 2 is 1.44 bits per heavy atom. The third-order valence-corrected chi connectivity index (χ3v) is 3.11. The number of benzene rings is 1. The van der Waals surface area contributed by atoms with E-state index in [9.17, 15) is 26.3 Å². The van der Waals surface area contributed by atoms with Crippen molar-refractivity contribution in [1.29, 1.82) is 0 Å². The minimum absolute atomic E-state index is 0.0927. The average molecular weight is 288 g/mol. The van der Waals surface area contributed by atoms with Gasteiger partial charge < -0.3 is 0 Å². The predicted molar refractivity (Wildman–Crippen MR) is 58.3 cm³/mol.